The summed E-state index contributed by atoms with van der Waals surface area (Å²) in [4.78, 5) is 19.2. The molecule has 2 heterocycles. The van der Waals surface area contributed by atoms with Gasteiger partial charge >= 0.3 is 0 Å². The van der Waals surface area contributed by atoms with Gasteiger partial charge in [-0.05, 0) is 42.8 Å². The van der Waals surface area contributed by atoms with Gasteiger partial charge in [-0.15, -0.1) is 0 Å². The first-order chi connectivity index (χ1) is 17.5. The van der Waals surface area contributed by atoms with Crippen molar-refractivity contribution >= 4 is 37.0 Å². The first-order valence-corrected chi connectivity index (χ1v) is 15.8. The highest BCUT2D eigenvalue weighted by atomic mass is 32.2. The number of rotatable bonds is 7. The van der Waals surface area contributed by atoms with E-state index in [4.69, 9.17) is 4.74 Å². The van der Waals surface area contributed by atoms with E-state index >= 15 is 0 Å². The van der Waals surface area contributed by atoms with Gasteiger partial charge in [-0.2, -0.15) is 0 Å². The van der Waals surface area contributed by atoms with Gasteiger partial charge in [0.1, 0.15) is 5.82 Å². The third kappa shape index (κ3) is 6.07. The number of hydrogen-bond donors (Lipinski definition) is 0. The molecule has 2 aromatic rings. The van der Waals surface area contributed by atoms with Gasteiger partial charge in [0.2, 0.25) is 0 Å². The van der Waals surface area contributed by atoms with Crippen molar-refractivity contribution in [3.8, 4) is 0 Å². The van der Waals surface area contributed by atoms with Crippen molar-refractivity contribution in [2.45, 2.75) is 23.1 Å². The molecule has 0 bridgehead atoms. The molecule has 0 spiro atoms. The van der Waals surface area contributed by atoms with Crippen LogP contribution in [0.1, 0.15) is 23.7 Å². The highest BCUT2D eigenvalue weighted by molar-refractivity contribution is 7.91. The maximum Gasteiger partial charge on any atom is 0.256 e. The van der Waals surface area contributed by atoms with Crippen LogP contribution in [0.4, 0.5) is 15.8 Å². The maximum absolute atomic E-state index is 14.7. The summed E-state index contributed by atoms with van der Waals surface area (Å²) in [6.45, 7) is 5.33. The third-order valence-electron chi connectivity index (χ3n) is 6.64. The third-order valence-corrected chi connectivity index (χ3v) is 9.67. The summed E-state index contributed by atoms with van der Waals surface area (Å²) < 4.78 is 69.1. The summed E-state index contributed by atoms with van der Waals surface area (Å²) in [5.41, 5.74) is 1.28. The second-order valence-electron chi connectivity index (χ2n) is 9.26. The van der Waals surface area contributed by atoms with Crippen molar-refractivity contribution in [1.82, 2.24) is 4.90 Å². The van der Waals surface area contributed by atoms with Crippen LogP contribution >= 0.6 is 0 Å². The van der Waals surface area contributed by atoms with Gasteiger partial charge in [0, 0.05) is 51.2 Å². The Labute approximate surface area is 217 Å². The predicted molar refractivity (Wildman–Crippen MR) is 139 cm³/mol. The number of halogens is 1. The van der Waals surface area contributed by atoms with Crippen molar-refractivity contribution in [3.05, 3.63) is 47.8 Å². The minimum absolute atomic E-state index is 0.000107. The second kappa shape index (κ2) is 11.0. The molecular weight excluding hydrogens is 521 g/mol. The van der Waals surface area contributed by atoms with E-state index in [1.807, 2.05) is 4.90 Å². The number of morpholine rings is 1. The number of carbonyl (C=O) groups is 1. The summed E-state index contributed by atoms with van der Waals surface area (Å²) >= 11 is 0. The molecule has 0 unspecified atom stereocenters. The molecule has 0 aliphatic carbocycles. The number of amides is 1. The average Bonchev–Trinajstić information content (AvgIpc) is 2.88. The van der Waals surface area contributed by atoms with Gasteiger partial charge in [-0.1, -0.05) is 6.92 Å². The number of benzene rings is 2. The quantitative estimate of drug-likeness (QED) is 0.514. The summed E-state index contributed by atoms with van der Waals surface area (Å²) in [5.74, 6) is -0.909. The fourth-order valence-electron chi connectivity index (χ4n) is 4.64. The highest BCUT2D eigenvalue weighted by Gasteiger charge is 2.29. The Balaban J connectivity index is 1.56. The van der Waals surface area contributed by atoms with Crippen molar-refractivity contribution < 1.29 is 30.8 Å². The Bertz CT molecular complexity index is 1370. The Hall–Kier alpha value is -2.70. The molecule has 2 aliphatic heterocycles. The predicted octanol–water partition coefficient (Wildman–Crippen LogP) is 2.21. The zero-order valence-corrected chi connectivity index (χ0v) is 22.7. The lowest BCUT2D eigenvalue weighted by Crippen LogP contribution is -2.49. The van der Waals surface area contributed by atoms with Gasteiger partial charge in [0.25, 0.3) is 5.91 Å². The summed E-state index contributed by atoms with van der Waals surface area (Å²) in [6.07, 6.45) is 1.50. The van der Waals surface area contributed by atoms with Crippen molar-refractivity contribution in [1.29, 1.82) is 0 Å². The molecule has 0 saturated carbocycles. The molecule has 2 fully saturated rings. The fourth-order valence-corrected chi connectivity index (χ4v) is 6.62. The first-order valence-electron chi connectivity index (χ1n) is 12.2. The van der Waals surface area contributed by atoms with Crippen LogP contribution < -0.4 is 9.80 Å². The van der Waals surface area contributed by atoms with Crippen LogP contribution in [0, 0.1) is 5.82 Å². The highest BCUT2D eigenvalue weighted by Crippen LogP contribution is 2.29. The Morgan fingerprint density at radius 3 is 2.05 bits per heavy atom. The molecule has 0 aromatic heterocycles. The molecule has 0 atom stereocenters. The number of nitrogens with zero attached hydrogens (tertiary/aromatic N) is 3. The zero-order valence-electron chi connectivity index (χ0n) is 21.0. The Kier molecular flexibility index (Phi) is 8.10. The number of sulfone groups is 2. The van der Waals surface area contributed by atoms with Crippen molar-refractivity contribution in [3.63, 3.8) is 0 Å². The topological polar surface area (TPSA) is 104 Å². The van der Waals surface area contributed by atoms with E-state index in [2.05, 4.69) is 0 Å². The van der Waals surface area contributed by atoms with Crippen LogP contribution in [0.5, 0.6) is 0 Å². The number of carbonyl (C=O) groups excluding carboxylic acids is 1. The van der Waals surface area contributed by atoms with Gasteiger partial charge in [0.05, 0.1) is 40.0 Å². The van der Waals surface area contributed by atoms with Crippen molar-refractivity contribution in [2.75, 3.05) is 74.3 Å². The minimum atomic E-state index is -3.52. The largest absolute Gasteiger partial charge is 0.378 e. The van der Waals surface area contributed by atoms with E-state index in [-0.39, 0.29) is 27.1 Å². The van der Waals surface area contributed by atoms with E-state index in [0.717, 1.165) is 12.3 Å². The maximum atomic E-state index is 14.7. The standard InChI is InChI=1S/C25H32FN3O6S2/c1-3-16-37(33,34)20-5-6-23(28-12-14-35-15-13-28)21(17-20)25(30)29-10-8-27(9-11-29)24-7-4-19(18-22(24)26)36(2,31)32/h4-7,17-18H,3,8-16H2,1-2H3. The molecule has 4 rings (SSSR count). The molecule has 2 aromatic carbocycles. The normalized spacial score (nSPS) is 17.2. The van der Waals surface area contributed by atoms with E-state index in [9.17, 15) is 26.0 Å². The summed E-state index contributed by atoms with van der Waals surface area (Å²) in [7, 11) is -7.04. The first kappa shape index (κ1) is 27.3. The van der Waals surface area contributed by atoms with Crippen LogP contribution in [0.15, 0.2) is 46.2 Å². The molecule has 37 heavy (non-hydrogen) atoms. The lowest BCUT2D eigenvalue weighted by molar-refractivity contribution is 0.0745. The molecule has 1 amide bonds. The lowest BCUT2D eigenvalue weighted by atomic mass is 10.1. The molecule has 0 radical (unpaired) electrons. The molecule has 202 valence electrons. The van der Waals surface area contributed by atoms with E-state index in [1.54, 1.807) is 28.9 Å². The molecule has 9 nitrogen and oxygen atoms in total. The number of ether oxygens (including phenoxy) is 1. The smallest absolute Gasteiger partial charge is 0.256 e. The van der Waals surface area contributed by atoms with E-state index in [1.165, 1.54) is 18.2 Å². The molecule has 0 N–H and O–H groups in total. The molecular formula is C25H32FN3O6S2. The Morgan fingerprint density at radius 2 is 1.46 bits per heavy atom. The number of piperazine rings is 1. The van der Waals surface area contributed by atoms with Gasteiger partial charge in [-0.3, -0.25) is 4.79 Å². The minimum Gasteiger partial charge on any atom is -0.378 e. The number of anilines is 2. The molecule has 2 aliphatic rings. The van der Waals surface area contributed by atoms with E-state index in [0.29, 0.717) is 70.2 Å². The average molecular weight is 554 g/mol. The van der Waals surface area contributed by atoms with Crippen LogP contribution in [0.2, 0.25) is 0 Å². The lowest BCUT2D eigenvalue weighted by Gasteiger charge is -2.37. The van der Waals surface area contributed by atoms with Crippen LogP contribution in [-0.2, 0) is 24.4 Å². The SMILES string of the molecule is CCCS(=O)(=O)c1ccc(N2CCOCC2)c(C(=O)N2CCN(c3ccc(S(C)(=O)=O)cc3F)CC2)c1. The zero-order chi connectivity index (χ0) is 26.8. The van der Waals surface area contributed by atoms with Crippen LogP contribution in [-0.4, -0.2) is 92.1 Å². The van der Waals surface area contributed by atoms with Gasteiger partial charge in [0.15, 0.2) is 19.7 Å². The molecule has 2 saturated heterocycles. The van der Waals surface area contributed by atoms with Crippen LogP contribution in [0.25, 0.3) is 0 Å². The summed E-state index contributed by atoms with van der Waals surface area (Å²) in [5, 5.41) is 0. The summed E-state index contributed by atoms with van der Waals surface area (Å²) in [6, 6.07) is 8.58. The van der Waals surface area contributed by atoms with Crippen molar-refractivity contribution in [2.24, 2.45) is 0 Å². The van der Waals surface area contributed by atoms with E-state index < -0.39 is 25.5 Å². The Morgan fingerprint density at radius 1 is 0.865 bits per heavy atom. The fraction of sp³-hybridized carbons (Fsp3) is 0.480. The number of hydrogen-bond acceptors (Lipinski definition) is 8. The monoisotopic (exact) mass is 553 g/mol. The van der Waals surface area contributed by atoms with Crippen LogP contribution in [0.3, 0.4) is 0 Å². The van der Waals surface area contributed by atoms with Gasteiger partial charge < -0.3 is 19.4 Å². The molecule has 12 heteroatoms. The van der Waals surface area contributed by atoms with Gasteiger partial charge in [-0.25, -0.2) is 21.2 Å². The second-order valence-corrected chi connectivity index (χ2v) is 13.4.